The molecule has 0 saturated heterocycles. The van der Waals surface area contributed by atoms with Crippen molar-refractivity contribution in [2.45, 2.75) is 19.4 Å². The van der Waals surface area contributed by atoms with Crippen LogP contribution in [0.1, 0.15) is 16.9 Å². The summed E-state index contributed by atoms with van der Waals surface area (Å²) in [5.74, 6) is 0.695. The average Bonchev–Trinajstić information content (AvgIpc) is 2.47. The zero-order chi connectivity index (χ0) is 8.10. The van der Waals surface area contributed by atoms with E-state index in [0.717, 1.165) is 17.7 Å². The van der Waals surface area contributed by atoms with Crippen LogP contribution in [-0.4, -0.2) is 11.0 Å². The Hall–Kier alpha value is -0.0500. The highest BCUT2D eigenvalue weighted by molar-refractivity contribution is 7.10. The van der Waals surface area contributed by atoms with Crippen molar-refractivity contribution < 1.29 is 5.11 Å². The third-order valence-electron chi connectivity index (χ3n) is 1.56. The molecule has 0 aliphatic heterocycles. The Bertz CT molecular complexity index is 210. The lowest BCUT2D eigenvalue weighted by molar-refractivity contribution is 0.284. The van der Waals surface area contributed by atoms with E-state index in [-0.39, 0.29) is 6.61 Å². The lowest BCUT2D eigenvalue weighted by Gasteiger charge is -1.97. The van der Waals surface area contributed by atoms with Gasteiger partial charge in [-0.15, -0.1) is 22.9 Å². The SMILES string of the molecule is OCc1sccc1CCCCl. The van der Waals surface area contributed by atoms with Gasteiger partial charge in [-0.2, -0.15) is 0 Å². The fourth-order valence-electron chi connectivity index (χ4n) is 0.986. The van der Waals surface area contributed by atoms with Crippen LogP contribution in [0.4, 0.5) is 0 Å². The normalized spacial score (nSPS) is 10.4. The van der Waals surface area contributed by atoms with Crippen LogP contribution in [0.25, 0.3) is 0 Å². The monoisotopic (exact) mass is 190 g/mol. The lowest BCUT2D eigenvalue weighted by atomic mass is 10.1. The van der Waals surface area contributed by atoms with Gasteiger partial charge in [0.15, 0.2) is 0 Å². The van der Waals surface area contributed by atoms with Gasteiger partial charge in [0.1, 0.15) is 0 Å². The lowest BCUT2D eigenvalue weighted by Crippen LogP contribution is -1.88. The fourth-order valence-corrected chi connectivity index (χ4v) is 1.91. The van der Waals surface area contributed by atoms with Crippen LogP contribution in [-0.2, 0) is 13.0 Å². The van der Waals surface area contributed by atoms with Crippen LogP contribution < -0.4 is 0 Å². The van der Waals surface area contributed by atoms with Crippen molar-refractivity contribution in [3.63, 3.8) is 0 Å². The van der Waals surface area contributed by atoms with Crippen LogP contribution in [0.2, 0.25) is 0 Å². The molecule has 0 unspecified atom stereocenters. The molecule has 1 N–H and O–H groups in total. The van der Waals surface area contributed by atoms with E-state index in [2.05, 4.69) is 6.07 Å². The largest absolute Gasteiger partial charge is 0.391 e. The standard InChI is InChI=1S/C8H11ClOS/c9-4-1-2-7-3-5-11-8(7)6-10/h3,5,10H,1-2,4,6H2. The van der Waals surface area contributed by atoms with Gasteiger partial charge in [0, 0.05) is 10.8 Å². The molecule has 0 fully saturated rings. The van der Waals surface area contributed by atoms with Gasteiger partial charge in [-0.05, 0) is 29.9 Å². The summed E-state index contributed by atoms with van der Waals surface area (Å²) in [6.45, 7) is 0.162. The molecule has 11 heavy (non-hydrogen) atoms. The van der Waals surface area contributed by atoms with Gasteiger partial charge in [0.25, 0.3) is 0 Å². The Labute approximate surface area is 75.6 Å². The molecular weight excluding hydrogens is 180 g/mol. The molecular formula is C8H11ClOS. The predicted octanol–water partition coefficient (Wildman–Crippen LogP) is 2.41. The van der Waals surface area contributed by atoms with Crippen molar-refractivity contribution in [3.05, 3.63) is 21.9 Å². The molecule has 0 amide bonds. The van der Waals surface area contributed by atoms with E-state index >= 15 is 0 Å². The van der Waals surface area contributed by atoms with Gasteiger partial charge in [-0.25, -0.2) is 0 Å². The van der Waals surface area contributed by atoms with Gasteiger partial charge >= 0.3 is 0 Å². The van der Waals surface area contributed by atoms with Crippen LogP contribution in [0, 0.1) is 0 Å². The Kier molecular flexibility index (Phi) is 3.91. The molecule has 0 atom stereocenters. The Morgan fingerprint density at radius 3 is 3.00 bits per heavy atom. The highest BCUT2D eigenvalue weighted by Crippen LogP contribution is 2.18. The van der Waals surface area contributed by atoms with Gasteiger partial charge in [0.2, 0.25) is 0 Å². The first-order valence-corrected chi connectivity index (χ1v) is 5.02. The second-order valence-electron chi connectivity index (χ2n) is 2.32. The summed E-state index contributed by atoms with van der Waals surface area (Å²) in [6.07, 6.45) is 1.98. The molecule has 0 radical (unpaired) electrons. The summed E-state index contributed by atoms with van der Waals surface area (Å²) < 4.78 is 0. The minimum atomic E-state index is 0.162. The van der Waals surface area contributed by atoms with Crippen molar-refractivity contribution in [2.24, 2.45) is 0 Å². The number of rotatable bonds is 4. The number of alkyl halides is 1. The average molecular weight is 191 g/mol. The van der Waals surface area contributed by atoms with E-state index in [9.17, 15) is 0 Å². The zero-order valence-electron chi connectivity index (χ0n) is 6.22. The fraction of sp³-hybridized carbons (Fsp3) is 0.500. The minimum Gasteiger partial charge on any atom is -0.391 e. The molecule has 0 aromatic carbocycles. The van der Waals surface area contributed by atoms with E-state index in [1.807, 2.05) is 5.38 Å². The predicted molar refractivity (Wildman–Crippen MR) is 49.3 cm³/mol. The van der Waals surface area contributed by atoms with Crippen molar-refractivity contribution >= 4 is 22.9 Å². The molecule has 62 valence electrons. The summed E-state index contributed by atoms with van der Waals surface area (Å²) in [5.41, 5.74) is 1.25. The summed E-state index contributed by atoms with van der Waals surface area (Å²) in [4.78, 5) is 1.08. The van der Waals surface area contributed by atoms with Crippen LogP contribution >= 0.6 is 22.9 Å². The maximum absolute atomic E-state index is 8.88. The Balaban J connectivity index is 2.54. The van der Waals surface area contributed by atoms with Crippen LogP contribution in [0.15, 0.2) is 11.4 Å². The third-order valence-corrected chi connectivity index (χ3v) is 2.78. The molecule has 0 saturated carbocycles. The summed E-state index contributed by atoms with van der Waals surface area (Å²) in [5, 5.41) is 10.9. The first kappa shape index (κ1) is 9.04. The van der Waals surface area contributed by atoms with E-state index in [4.69, 9.17) is 16.7 Å². The number of aryl methyl sites for hydroxylation is 1. The molecule has 1 aromatic rings. The highest BCUT2D eigenvalue weighted by Gasteiger charge is 2.01. The minimum absolute atomic E-state index is 0.162. The third kappa shape index (κ3) is 2.47. The molecule has 0 spiro atoms. The first-order valence-electron chi connectivity index (χ1n) is 3.60. The van der Waals surface area contributed by atoms with E-state index in [1.54, 1.807) is 11.3 Å². The van der Waals surface area contributed by atoms with Crippen molar-refractivity contribution in [1.29, 1.82) is 0 Å². The van der Waals surface area contributed by atoms with Gasteiger partial charge in [-0.3, -0.25) is 0 Å². The number of halogens is 1. The Morgan fingerprint density at radius 2 is 2.36 bits per heavy atom. The smallest absolute Gasteiger partial charge is 0.0777 e. The number of thiophene rings is 1. The van der Waals surface area contributed by atoms with Gasteiger partial charge in [-0.1, -0.05) is 0 Å². The molecule has 1 rings (SSSR count). The summed E-state index contributed by atoms with van der Waals surface area (Å²) in [7, 11) is 0. The van der Waals surface area contributed by atoms with E-state index in [1.165, 1.54) is 5.56 Å². The molecule has 0 aliphatic rings. The number of aliphatic hydroxyl groups excluding tert-OH is 1. The number of hydrogen-bond acceptors (Lipinski definition) is 2. The molecule has 3 heteroatoms. The first-order chi connectivity index (χ1) is 5.38. The second kappa shape index (κ2) is 4.75. The molecule has 1 nitrogen and oxygen atoms in total. The summed E-state index contributed by atoms with van der Waals surface area (Å²) >= 11 is 7.16. The highest BCUT2D eigenvalue weighted by atomic mass is 35.5. The number of hydrogen-bond donors (Lipinski definition) is 1. The van der Waals surface area contributed by atoms with Gasteiger partial charge in [0.05, 0.1) is 6.61 Å². The van der Waals surface area contributed by atoms with Gasteiger partial charge < -0.3 is 5.11 Å². The van der Waals surface area contributed by atoms with Crippen molar-refractivity contribution in [1.82, 2.24) is 0 Å². The van der Waals surface area contributed by atoms with Crippen LogP contribution in [0.3, 0.4) is 0 Å². The van der Waals surface area contributed by atoms with E-state index < -0.39 is 0 Å². The zero-order valence-corrected chi connectivity index (χ0v) is 7.79. The molecule has 1 heterocycles. The van der Waals surface area contributed by atoms with Crippen molar-refractivity contribution in [3.8, 4) is 0 Å². The maximum atomic E-state index is 8.88. The summed E-state index contributed by atoms with van der Waals surface area (Å²) in [6, 6.07) is 2.06. The maximum Gasteiger partial charge on any atom is 0.0777 e. The molecule has 0 bridgehead atoms. The quantitative estimate of drug-likeness (QED) is 0.724. The Morgan fingerprint density at radius 1 is 1.55 bits per heavy atom. The number of aliphatic hydroxyl groups is 1. The topological polar surface area (TPSA) is 20.2 Å². The molecule has 0 aliphatic carbocycles. The van der Waals surface area contributed by atoms with E-state index in [0.29, 0.717) is 5.88 Å². The molecule has 1 aromatic heterocycles. The van der Waals surface area contributed by atoms with Crippen LogP contribution in [0.5, 0.6) is 0 Å². The van der Waals surface area contributed by atoms with Crippen molar-refractivity contribution in [2.75, 3.05) is 5.88 Å². The second-order valence-corrected chi connectivity index (χ2v) is 3.70.